The lowest BCUT2D eigenvalue weighted by Crippen LogP contribution is -2.43. The molecule has 1 atom stereocenters. The van der Waals surface area contributed by atoms with Gasteiger partial charge < -0.3 is 9.84 Å². The summed E-state index contributed by atoms with van der Waals surface area (Å²) in [5.74, 6) is 0. The third-order valence-corrected chi connectivity index (χ3v) is 3.25. The van der Waals surface area contributed by atoms with Gasteiger partial charge in [0.15, 0.2) is 0 Å². The van der Waals surface area contributed by atoms with Gasteiger partial charge in [-0.15, -0.1) is 0 Å². The molecule has 1 N–H and O–H groups in total. The summed E-state index contributed by atoms with van der Waals surface area (Å²) in [6.07, 6.45) is 7.90. The van der Waals surface area contributed by atoms with Crippen molar-refractivity contribution in [1.29, 1.82) is 0 Å². The Kier molecular flexibility index (Phi) is 2.37. The molecule has 2 rings (SSSR count). The maximum Gasteiger partial charge on any atom is 0.0908 e. The van der Waals surface area contributed by atoms with Gasteiger partial charge >= 0.3 is 0 Å². The second-order valence-corrected chi connectivity index (χ2v) is 4.17. The average Bonchev–Trinajstić information content (AvgIpc) is 2.58. The molecule has 0 aromatic rings. The molecule has 2 aliphatic rings. The van der Waals surface area contributed by atoms with Crippen molar-refractivity contribution in [2.45, 2.75) is 56.7 Å². The highest BCUT2D eigenvalue weighted by molar-refractivity contribution is 4.91. The lowest BCUT2D eigenvalue weighted by atomic mass is 9.80. The zero-order valence-electron chi connectivity index (χ0n) is 7.59. The van der Waals surface area contributed by atoms with E-state index in [-0.39, 0.29) is 6.10 Å². The quantitative estimate of drug-likeness (QED) is 0.651. The van der Waals surface area contributed by atoms with E-state index in [1.807, 2.05) is 0 Å². The molecule has 0 radical (unpaired) electrons. The van der Waals surface area contributed by atoms with Gasteiger partial charge in [0, 0.05) is 6.61 Å². The molecule has 0 aromatic carbocycles. The molecule has 1 aliphatic carbocycles. The van der Waals surface area contributed by atoms with Crippen molar-refractivity contribution in [2.24, 2.45) is 0 Å². The summed E-state index contributed by atoms with van der Waals surface area (Å²) in [5, 5.41) is 10.2. The summed E-state index contributed by atoms with van der Waals surface area (Å²) in [6, 6.07) is 0. The Labute approximate surface area is 73.9 Å². The van der Waals surface area contributed by atoms with Crippen LogP contribution in [0.2, 0.25) is 0 Å². The fourth-order valence-corrected chi connectivity index (χ4v) is 2.49. The lowest BCUT2D eigenvalue weighted by molar-refractivity contribution is -0.104. The minimum Gasteiger partial charge on any atom is -0.387 e. The molecule has 12 heavy (non-hydrogen) atoms. The Morgan fingerprint density at radius 2 is 1.83 bits per heavy atom. The predicted octanol–water partition coefficient (Wildman–Crippen LogP) is 1.86. The lowest BCUT2D eigenvalue weighted by Gasteiger charge is -2.36. The van der Waals surface area contributed by atoms with E-state index < -0.39 is 5.60 Å². The molecule has 70 valence electrons. The molecular weight excluding hydrogens is 152 g/mol. The smallest absolute Gasteiger partial charge is 0.0908 e. The minimum absolute atomic E-state index is 0.151. The SMILES string of the molecule is OC1(C2CCCO2)CCCCC1. The average molecular weight is 170 g/mol. The summed E-state index contributed by atoms with van der Waals surface area (Å²) in [6.45, 7) is 0.854. The highest BCUT2D eigenvalue weighted by Gasteiger charge is 2.39. The number of hydrogen-bond donors (Lipinski definition) is 1. The van der Waals surface area contributed by atoms with Crippen molar-refractivity contribution in [1.82, 2.24) is 0 Å². The highest BCUT2D eigenvalue weighted by atomic mass is 16.5. The fourth-order valence-electron chi connectivity index (χ4n) is 2.49. The van der Waals surface area contributed by atoms with E-state index in [1.165, 1.54) is 19.3 Å². The monoisotopic (exact) mass is 170 g/mol. The summed E-state index contributed by atoms with van der Waals surface area (Å²) >= 11 is 0. The van der Waals surface area contributed by atoms with Crippen LogP contribution in [0.4, 0.5) is 0 Å². The zero-order valence-corrected chi connectivity index (χ0v) is 7.59. The number of hydrogen-bond acceptors (Lipinski definition) is 2. The highest BCUT2D eigenvalue weighted by Crippen LogP contribution is 2.36. The Hall–Kier alpha value is -0.0800. The molecule has 0 aromatic heterocycles. The van der Waals surface area contributed by atoms with Crippen LogP contribution in [0, 0.1) is 0 Å². The third-order valence-electron chi connectivity index (χ3n) is 3.25. The van der Waals surface area contributed by atoms with Gasteiger partial charge in [-0.1, -0.05) is 19.3 Å². The largest absolute Gasteiger partial charge is 0.387 e. The standard InChI is InChI=1S/C10H18O2/c11-10(6-2-1-3-7-10)9-5-4-8-12-9/h9,11H,1-8H2. The van der Waals surface area contributed by atoms with Crippen LogP contribution in [-0.2, 0) is 4.74 Å². The molecule has 0 spiro atoms. The predicted molar refractivity (Wildman–Crippen MR) is 47.0 cm³/mol. The first-order valence-electron chi connectivity index (χ1n) is 5.15. The molecule has 2 nitrogen and oxygen atoms in total. The molecule has 0 bridgehead atoms. The topological polar surface area (TPSA) is 29.5 Å². The van der Waals surface area contributed by atoms with Crippen LogP contribution in [0.25, 0.3) is 0 Å². The molecular formula is C10H18O2. The van der Waals surface area contributed by atoms with Gasteiger partial charge in [0.2, 0.25) is 0 Å². The van der Waals surface area contributed by atoms with Crippen LogP contribution in [0.15, 0.2) is 0 Å². The van der Waals surface area contributed by atoms with E-state index in [9.17, 15) is 5.11 Å². The van der Waals surface area contributed by atoms with Crippen LogP contribution in [0.1, 0.15) is 44.9 Å². The van der Waals surface area contributed by atoms with E-state index in [4.69, 9.17) is 4.74 Å². The van der Waals surface area contributed by atoms with Crippen molar-refractivity contribution < 1.29 is 9.84 Å². The second-order valence-electron chi connectivity index (χ2n) is 4.17. The van der Waals surface area contributed by atoms with Crippen molar-refractivity contribution in [3.05, 3.63) is 0 Å². The third kappa shape index (κ3) is 1.50. The Morgan fingerprint density at radius 1 is 1.08 bits per heavy atom. The van der Waals surface area contributed by atoms with E-state index in [2.05, 4.69) is 0 Å². The minimum atomic E-state index is -0.464. The molecule has 1 saturated carbocycles. The summed E-state index contributed by atoms with van der Waals surface area (Å²) < 4.78 is 5.55. The Morgan fingerprint density at radius 3 is 2.42 bits per heavy atom. The van der Waals surface area contributed by atoms with E-state index in [0.29, 0.717) is 0 Å². The van der Waals surface area contributed by atoms with Gasteiger partial charge in [0.1, 0.15) is 0 Å². The summed E-state index contributed by atoms with van der Waals surface area (Å²) in [7, 11) is 0. The van der Waals surface area contributed by atoms with Crippen molar-refractivity contribution in [2.75, 3.05) is 6.61 Å². The maximum absolute atomic E-state index is 10.2. The Bertz CT molecular complexity index is 144. The van der Waals surface area contributed by atoms with Crippen molar-refractivity contribution in [3.63, 3.8) is 0 Å². The van der Waals surface area contributed by atoms with Gasteiger partial charge in [0.05, 0.1) is 11.7 Å². The molecule has 2 heteroatoms. The van der Waals surface area contributed by atoms with Crippen molar-refractivity contribution in [3.8, 4) is 0 Å². The van der Waals surface area contributed by atoms with Gasteiger partial charge in [-0.2, -0.15) is 0 Å². The maximum atomic E-state index is 10.2. The number of ether oxygens (including phenoxy) is 1. The van der Waals surface area contributed by atoms with E-state index in [1.54, 1.807) is 0 Å². The second kappa shape index (κ2) is 3.35. The van der Waals surface area contributed by atoms with E-state index >= 15 is 0 Å². The van der Waals surface area contributed by atoms with Gasteiger partial charge in [-0.05, 0) is 25.7 Å². The molecule has 1 saturated heterocycles. The number of rotatable bonds is 1. The normalized spacial score (nSPS) is 35.2. The molecule has 1 unspecified atom stereocenters. The first-order chi connectivity index (χ1) is 5.81. The summed E-state index contributed by atoms with van der Waals surface area (Å²) in [4.78, 5) is 0. The first-order valence-corrected chi connectivity index (χ1v) is 5.15. The Balaban J connectivity index is 1.97. The molecule has 0 amide bonds. The van der Waals surface area contributed by atoms with Crippen LogP contribution < -0.4 is 0 Å². The first kappa shape index (κ1) is 8.52. The molecule has 1 heterocycles. The summed E-state index contributed by atoms with van der Waals surface area (Å²) in [5.41, 5.74) is -0.464. The van der Waals surface area contributed by atoms with Crippen LogP contribution in [0.5, 0.6) is 0 Å². The van der Waals surface area contributed by atoms with Gasteiger partial charge in [-0.25, -0.2) is 0 Å². The van der Waals surface area contributed by atoms with Gasteiger partial charge in [-0.3, -0.25) is 0 Å². The van der Waals surface area contributed by atoms with Crippen LogP contribution >= 0.6 is 0 Å². The molecule has 1 aliphatic heterocycles. The molecule has 2 fully saturated rings. The number of aliphatic hydroxyl groups is 1. The van der Waals surface area contributed by atoms with E-state index in [0.717, 1.165) is 32.3 Å². The van der Waals surface area contributed by atoms with Crippen LogP contribution in [0.3, 0.4) is 0 Å². The fraction of sp³-hybridized carbons (Fsp3) is 1.00. The van der Waals surface area contributed by atoms with Gasteiger partial charge in [0.25, 0.3) is 0 Å². The van der Waals surface area contributed by atoms with Crippen LogP contribution in [-0.4, -0.2) is 23.4 Å². The zero-order chi connectivity index (χ0) is 8.44. The van der Waals surface area contributed by atoms with Crippen molar-refractivity contribution >= 4 is 0 Å².